The molecule has 1 aromatic carbocycles. The van der Waals surface area contributed by atoms with Gasteiger partial charge in [0.2, 0.25) is 5.91 Å². The van der Waals surface area contributed by atoms with E-state index >= 15 is 0 Å². The molecule has 2 fully saturated rings. The van der Waals surface area contributed by atoms with Crippen LogP contribution in [0.4, 0.5) is 10.5 Å². The first-order valence-corrected chi connectivity index (χ1v) is 10.4. The van der Waals surface area contributed by atoms with Crippen molar-refractivity contribution in [1.29, 1.82) is 0 Å². The fourth-order valence-corrected chi connectivity index (χ4v) is 4.77. The van der Waals surface area contributed by atoms with E-state index < -0.39 is 29.4 Å². The van der Waals surface area contributed by atoms with E-state index in [0.717, 1.165) is 24.1 Å². The van der Waals surface area contributed by atoms with Crippen molar-refractivity contribution in [3.8, 4) is 0 Å². The number of benzene rings is 1. The number of hydrogen-bond acceptors (Lipinski definition) is 4. The summed E-state index contributed by atoms with van der Waals surface area (Å²) in [6, 6.07) is 7.68. The quantitative estimate of drug-likeness (QED) is 0.823. The van der Waals surface area contributed by atoms with Crippen molar-refractivity contribution < 1.29 is 19.1 Å². The lowest BCUT2D eigenvalue weighted by Crippen LogP contribution is -2.62. The highest BCUT2D eigenvalue weighted by Crippen LogP contribution is 2.53. The topological polar surface area (TPSA) is 92.9 Å². The number of primary amides is 1. The van der Waals surface area contributed by atoms with E-state index in [1.807, 2.05) is 38.1 Å². The number of fused-ring (bicyclic) bond motifs is 3. The Kier molecular flexibility index (Phi) is 4.79. The molecule has 3 amide bonds. The number of hydrogen-bond donors (Lipinski definition) is 1. The van der Waals surface area contributed by atoms with Gasteiger partial charge in [-0.3, -0.25) is 14.5 Å². The Labute approximate surface area is 171 Å². The van der Waals surface area contributed by atoms with Gasteiger partial charge >= 0.3 is 6.09 Å². The SMILES string of the molecule is CC(C)COC(=O)N1C[C@H](C(N)=O)[C@H]2c3ccccc3N(CC3CC3)C(=O)[C@]21C. The number of para-hydroxylation sites is 1. The number of carbonyl (C=O) groups is 3. The lowest BCUT2D eigenvalue weighted by atomic mass is 9.72. The molecule has 4 rings (SSSR count). The summed E-state index contributed by atoms with van der Waals surface area (Å²) in [4.78, 5) is 42.3. The maximum absolute atomic E-state index is 13.8. The number of nitrogens with zero attached hydrogens (tertiary/aromatic N) is 2. The number of carbonyl (C=O) groups excluding carboxylic acids is 3. The van der Waals surface area contributed by atoms with Crippen LogP contribution < -0.4 is 10.6 Å². The van der Waals surface area contributed by atoms with E-state index in [0.29, 0.717) is 12.5 Å². The summed E-state index contributed by atoms with van der Waals surface area (Å²) in [7, 11) is 0. The maximum atomic E-state index is 13.8. The van der Waals surface area contributed by atoms with Crippen molar-refractivity contribution in [2.75, 3.05) is 24.6 Å². The molecule has 2 aliphatic heterocycles. The highest BCUT2D eigenvalue weighted by Gasteiger charge is 2.63. The molecule has 29 heavy (non-hydrogen) atoms. The minimum absolute atomic E-state index is 0.0881. The highest BCUT2D eigenvalue weighted by molar-refractivity contribution is 6.07. The molecule has 0 spiro atoms. The fraction of sp³-hybridized carbons (Fsp3) is 0.591. The largest absolute Gasteiger partial charge is 0.449 e. The Morgan fingerprint density at radius 3 is 2.59 bits per heavy atom. The van der Waals surface area contributed by atoms with Gasteiger partial charge in [0.1, 0.15) is 5.54 Å². The third-order valence-electron chi connectivity index (χ3n) is 6.45. The van der Waals surface area contributed by atoms with Gasteiger partial charge in [0.25, 0.3) is 5.91 Å². The first-order chi connectivity index (χ1) is 13.7. The molecule has 2 heterocycles. The molecule has 7 nitrogen and oxygen atoms in total. The van der Waals surface area contributed by atoms with E-state index in [9.17, 15) is 14.4 Å². The Balaban J connectivity index is 1.79. The zero-order valence-corrected chi connectivity index (χ0v) is 17.3. The fourth-order valence-electron chi connectivity index (χ4n) is 4.77. The van der Waals surface area contributed by atoms with Crippen LogP contribution in [-0.2, 0) is 14.3 Å². The van der Waals surface area contributed by atoms with E-state index in [2.05, 4.69) is 0 Å². The van der Waals surface area contributed by atoms with Gasteiger partial charge in [0.05, 0.1) is 12.5 Å². The molecular weight excluding hydrogens is 370 g/mol. The predicted molar refractivity (Wildman–Crippen MR) is 108 cm³/mol. The molecule has 3 atom stereocenters. The number of likely N-dealkylation sites (tertiary alicyclic amines) is 1. The summed E-state index contributed by atoms with van der Waals surface area (Å²) < 4.78 is 5.46. The first kappa shape index (κ1) is 19.7. The van der Waals surface area contributed by atoms with Crippen LogP contribution in [0.15, 0.2) is 24.3 Å². The van der Waals surface area contributed by atoms with Gasteiger partial charge in [0, 0.05) is 24.7 Å². The van der Waals surface area contributed by atoms with Crippen LogP contribution in [0.3, 0.4) is 0 Å². The zero-order chi connectivity index (χ0) is 20.9. The normalized spacial score (nSPS) is 28.3. The van der Waals surface area contributed by atoms with Gasteiger partial charge in [-0.15, -0.1) is 0 Å². The average molecular weight is 399 g/mol. The summed E-state index contributed by atoms with van der Waals surface area (Å²) in [6.07, 6.45) is 1.65. The van der Waals surface area contributed by atoms with Crippen LogP contribution >= 0.6 is 0 Å². The van der Waals surface area contributed by atoms with Crippen LogP contribution in [0, 0.1) is 17.8 Å². The number of nitrogens with two attached hydrogens (primary N) is 1. The molecule has 0 aromatic heterocycles. The van der Waals surface area contributed by atoms with Crippen LogP contribution in [-0.4, -0.2) is 48.0 Å². The predicted octanol–water partition coefficient (Wildman–Crippen LogP) is 2.50. The van der Waals surface area contributed by atoms with Gasteiger partial charge in [-0.25, -0.2) is 4.79 Å². The Hall–Kier alpha value is -2.57. The number of ether oxygens (including phenoxy) is 1. The molecule has 156 valence electrons. The van der Waals surface area contributed by atoms with Crippen LogP contribution in [0.1, 0.15) is 45.1 Å². The van der Waals surface area contributed by atoms with E-state index in [4.69, 9.17) is 10.5 Å². The van der Waals surface area contributed by atoms with Gasteiger partial charge < -0.3 is 15.4 Å². The van der Waals surface area contributed by atoms with Crippen LogP contribution in [0.2, 0.25) is 0 Å². The van der Waals surface area contributed by atoms with E-state index in [1.54, 1.807) is 11.8 Å². The molecule has 1 saturated carbocycles. The molecular formula is C22H29N3O4. The summed E-state index contributed by atoms with van der Waals surface area (Å²) in [5, 5.41) is 0. The molecule has 0 bridgehead atoms. The molecule has 3 aliphatic rings. The summed E-state index contributed by atoms with van der Waals surface area (Å²) in [6.45, 7) is 6.64. The molecule has 1 aliphatic carbocycles. The third-order valence-corrected chi connectivity index (χ3v) is 6.45. The number of amides is 3. The second kappa shape index (κ2) is 7.04. The minimum Gasteiger partial charge on any atom is -0.449 e. The molecule has 1 saturated heterocycles. The summed E-state index contributed by atoms with van der Waals surface area (Å²) in [5.74, 6) is -1.12. The zero-order valence-electron chi connectivity index (χ0n) is 17.3. The molecule has 7 heteroatoms. The summed E-state index contributed by atoms with van der Waals surface area (Å²) in [5.41, 5.74) is 6.27. The molecule has 0 radical (unpaired) electrons. The minimum atomic E-state index is -1.20. The van der Waals surface area contributed by atoms with E-state index in [-0.39, 0.29) is 25.0 Å². The second-order valence-electron chi connectivity index (χ2n) is 9.13. The van der Waals surface area contributed by atoms with Gasteiger partial charge in [-0.2, -0.15) is 0 Å². The summed E-state index contributed by atoms with van der Waals surface area (Å²) >= 11 is 0. The smallest absolute Gasteiger partial charge is 0.410 e. The highest BCUT2D eigenvalue weighted by atomic mass is 16.6. The van der Waals surface area contributed by atoms with Crippen molar-refractivity contribution in [3.63, 3.8) is 0 Å². The van der Waals surface area contributed by atoms with Gasteiger partial charge in [-0.05, 0) is 43.2 Å². The molecule has 2 N–H and O–H groups in total. The number of anilines is 1. The monoisotopic (exact) mass is 399 g/mol. The third kappa shape index (κ3) is 3.16. The average Bonchev–Trinajstić information content (AvgIpc) is 3.44. The Morgan fingerprint density at radius 1 is 1.28 bits per heavy atom. The Bertz CT molecular complexity index is 850. The standard InChI is InChI=1S/C22H29N3O4/c1-13(2)12-29-21(28)25-11-16(19(23)26)18-15-6-4-5-7-17(15)24(10-14-8-9-14)20(27)22(18,25)3/h4-7,13-14,16,18H,8-12H2,1-3H3,(H2,23,26)/t16-,18+,22-/m0/s1. The lowest BCUT2D eigenvalue weighted by Gasteiger charge is -2.46. The van der Waals surface area contributed by atoms with Crippen LogP contribution in [0.5, 0.6) is 0 Å². The van der Waals surface area contributed by atoms with Crippen molar-refractivity contribution in [1.82, 2.24) is 4.90 Å². The lowest BCUT2D eigenvalue weighted by molar-refractivity contribution is -0.129. The first-order valence-electron chi connectivity index (χ1n) is 10.4. The molecule has 1 aromatic rings. The van der Waals surface area contributed by atoms with Crippen molar-refractivity contribution in [2.45, 2.75) is 45.1 Å². The molecule has 0 unspecified atom stereocenters. The number of rotatable bonds is 5. The van der Waals surface area contributed by atoms with Gasteiger partial charge in [0.15, 0.2) is 0 Å². The van der Waals surface area contributed by atoms with Crippen LogP contribution in [0.25, 0.3) is 0 Å². The Morgan fingerprint density at radius 2 is 1.97 bits per heavy atom. The second-order valence-corrected chi connectivity index (χ2v) is 9.13. The maximum Gasteiger partial charge on any atom is 0.410 e. The van der Waals surface area contributed by atoms with Crippen molar-refractivity contribution >= 4 is 23.6 Å². The van der Waals surface area contributed by atoms with Crippen molar-refractivity contribution in [3.05, 3.63) is 29.8 Å². The van der Waals surface area contributed by atoms with Crippen molar-refractivity contribution in [2.24, 2.45) is 23.5 Å². The van der Waals surface area contributed by atoms with E-state index in [1.165, 1.54) is 4.90 Å². The van der Waals surface area contributed by atoms with Gasteiger partial charge in [-0.1, -0.05) is 32.0 Å².